The average Bonchev–Trinajstić information content (AvgIpc) is 3.40. The van der Waals surface area contributed by atoms with Crippen LogP contribution in [0, 0.1) is 6.92 Å². The maximum atomic E-state index is 13.6. The standard InChI is InChI=1S/C25H29F6N9/c1-7-40(14(2)3)21-17(10-20-15(4)34-37(5)22(20)32-21)13-39(23-33-36-38(6)35-23)12-16-8-18(24(26,27)28)11-19(9-16)25(29,30)31/h8-11,14H,7,12-13H2,1-6H3. The van der Waals surface area contributed by atoms with E-state index in [0.717, 1.165) is 15.9 Å². The minimum absolute atomic E-state index is 0.0269. The normalized spacial score (nSPS) is 12.5. The maximum absolute atomic E-state index is 13.6. The van der Waals surface area contributed by atoms with Gasteiger partial charge in [0.1, 0.15) is 5.82 Å². The number of hydrogen-bond donors (Lipinski definition) is 0. The number of benzene rings is 1. The molecule has 0 radical (unpaired) electrons. The Bertz CT molecular complexity index is 1470. The molecule has 0 aliphatic heterocycles. The van der Waals surface area contributed by atoms with Crippen molar-refractivity contribution in [2.75, 3.05) is 16.3 Å². The number of anilines is 2. The SMILES string of the molecule is CCN(c1nc2c(cc1CN(Cc1cc(C(F)(F)F)cc(C(F)(F)F)c1)c1nnn(C)n1)c(C)nn2C)C(C)C. The van der Waals surface area contributed by atoms with Crippen molar-refractivity contribution in [3.05, 3.63) is 52.2 Å². The number of hydrogen-bond acceptors (Lipinski definition) is 7. The lowest BCUT2D eigenvalue weighted by molar-refractivity contribution is -0.143. The highest BCUT2D eigenvalue weighted by Crippen LogP contribution is 2.37. The topological polar surface area (TPSA) is 80.8 Å². The second-order valence-corrected chi connectivity index (χ2v) is 9.78. The monoisotopic (exact) mass is 569 g/mol. The van der Waals surface area contributed by atoms with Crippen molar-refractivity contribution in [3.8, 4) is 0 Å². The third-order valence-electron chi connectivity index (χ3n) is 6.45. The van der Waals surface area contributed by atoms with Crippen molar-refractivity contribution in [1.82, 2.24) is 35.0 Å². The van der Waals surface area contributed by atoms with E-state index in [9.17, 15) is 26.3 Å². The third kappa shape index (κ3) is 5.97. The first-order chi connectivity index (χ1) is 18.6. The number of fused-ring (bicyclic) bond motifs is 1. The van der Waals surface area contributed by atoms with E-state index in [4.69, 9.17) is 4.98 Å². The zero-order chi connectivity index (χ0) is 29.6. The Kier molecular flexibility index (Phi) is 7.69. The van der Waals surface area contributed by atoms with Gasteiger partial charge < -0.3 is 9.80 Å². The van der Waals surface area contributed by atoms with Gasteiger partial charge in [-0.25, -0.2) is 4.98 Å². The lowest BCUT2D eigenvalue weighted by atomic mass is 10.0. The Balaban J connectivity index is 1.86. The van der Waals surface area contributed by atoms with Crippen LogP contribution in [0.3, 0.4) is 0 Å². The zero-order valence-corrected chi connectivity index (χ0v) is 22.8. The molecule has 4 aromatic rings. The smallest absolute Gasteiger partial charge is 0.354 e. The molecule has 3 aromatic heterocycles. The van der Waals surface area contributed by atoms with Crippen molar-refractivity contribution in [1.29, 1.82) is 0 Å². The van der Waals surface area contributed by atoms with E-state index in [1.54, 1.807) is 11.7 Å². The second-order valence-electron chi connectivity index (χ2n) is 9.78. The van der Waals surface area contributed by atoms with E-state index in [2.05, 4.69) is 20.5 Å². The summed E-state index contributed by atoms with van der Waals surface area (Å²) < 4.78 is 83.0. The first kappa shape index (κ1) is 29.1. The van der Waals surface area contributed by atoms with E-state index in [-0.39, 0.29) is 36.7 Å². The molecule has 0 atom stereocenters. The number of nitrogens with zero attached hydrogens (tertiary/aromatic N) is 9. The highest BCUT2D eigenvalue weighted by atomic mass is 19.4. The van der Waals surface area contributed by atoms with Crippen LogP contribution in [-0.2, 0) is 39.5 Å². The van der Waals surface area contributed by atoms with E-state index in [0.29, 0.717) is 35.7 Å². The summed E-state index contributed by atoms with van der Waals surface area (Å²) in [5, 5.41) is 17.2. The van der Waals surface area contributed by atoms with Gasteiger partial charge in [0.15, 0.2) is 5.65 Å². The minimum atomic E-state index is -4.97. The van der Waals surface area contributed by atoms with E-state index in [1.165, 1.54) is 11.9 Å². The fourth-order valence-corrected chi connectivity index (χ4v) is 4.63. The van der Waals surface area contributed by atoms with Crippen LogP contribution in [-0.4, -0.2) is 47.6 Å². The van der Waals surface area contributed by atoms with Gasteiger partial charge in [0.2, 0.25) is 0 Å². The largest absolute Gasteiger partial charge is 0.416 e. The van der Waals surface area contributed by atoms with Crippen molar-refractivity contribution in [2.24, 2.45) is 14.1 Å². The quantitative estimate of drug-likeness (QED) is 0.267. The molecule has 9 nitrogen and oxygen atoms in total. The molecule has 0 fully saturated rings. The van der Waals surface area contributed by atoms with Crippen molar-refractivity contribution >= 4 is 22.8 Å². The average molecular weight is 570 g/mol. The number of rotatable bonds is 8. The molecule has 15 heteroatoms. The lowest BCUT2D eigenvalue weighted by Crippen LogP contribution is -2.33. The van der Waals surface area contributed by atoms with Crippen LogP contribution in [0.25, 0.3) is 11.0 Å². The molecule has 40 heavy (non-hydrogen) atoms. The Morgan fingerprint density at radius 2 is 1.52 bits per heavy atom. The molecule has 0 unspecified atom stereocenters. The molecule has 4 rings (SSSR count). The van der Waals surface area contributed by atoms with Crippen LogP contribution in [0.4, 0.5) is 38.1 Å². The van der Waals surface area contributed by atoms with Gasteiger partial charge in [0.25, 0.3) is 5.95 Å². The first-order valence-corrected chi connectivity index (χ1v) is 12.5. The summed E-state index contributed by atoms with van der Waals surface area (Å²) in [5.41, 5.74) is -0.949. The van der Waals surface area contributed by atoms with Crippen LogP contribution >= 0.6 is 0 Å². The Hall–Kier alpha value is -3.91. The number of tetrazole rings is 1. The van der Waals surface area contributed by atoms with Gasteiger partial charge in [-0.1, -0.05) is 5.10 Å². The molecule has 0 N–H and O–H groups in total. The molecular formula is C25H29F6N9. The molecule has 216 valence electrons. The molecule has 0 saturated carbocycles. The van der Waals surface area contributed by atoms with E-state index < -0.39 is 23.5 Å². The fraction of sp³-hybridized carbons (Fsp3) is 0.480. The molecule has 0 amide bonds. The van der Waals surface area contributed by atoms with Crippen molar-refractivity contribution in [3.63, 3.8) is 0 Å². The van der Waals surface area contributed by atoms with Gasteiger partial charge >= 0.3 is 12.4 Å². The van der Waals surface area contributed by atoms with E-state index >= 15 is 0 Å². The highest BCUT2D eigenvalue weighted by molar-refractivity contribution is 5.81. The number of alkyl halides is 6. The maximum Gasteiger partial charge on any atom is 0.416 e. The summed E-state index contributed by atoms with van der Waals surface area (Å²) in [7, 11) is 3.29. The third-order valence-corrected chi connectivity index (χ3v) is 6.45. The van der Waals surface area contributed by atoms with Crippen molar-refractivity contribution in [2.45, 2.75) is 59.2 Å². The minimum Gasteiger partial charge on any atom is -0.354 e. The molecule has 0 spiro atoms. The summed E-state index contributed by atoms with van der Waals surface area (Å²) in [6.45, 7) is 8.07. The van der Waals surface area contributed by atoms with Gasteiger partial charge in [0, 0.05) is 43.7 Å². The summed E-state index contributed by atoms with van der Waals surface area (Å²) in [4.78, 5) is 9.57. The fourth-order valence-electron chi connectivity index (χ4n) is 4.63. The van der Waals surface area contributed by atoms with Crippen molar-refractivity contribution < 1.29 is 26.3 Å². The Morgan fingerprint density at radius 1 is 0.900 bits per heavy atom. The van der Waals surface area contributed by atoms with Crippen LogP contribution in [0.1, 0.15) is 48.7 Å². The van der Waals surface area contributed by atoms with Gasteiger partial charge in [-0.3, -0.25) is 4.68 Å². The van der Waals surface area contributed by atoms with Gasteiger partial charge in [-0.15, -0.1) is 5.10 Å². The van der Waals surface area contributed by atoms with Crippen LogP contribution in [0.15, 0.2) is 24.3 Å². The molecule has 0 aliphatic rings. The molecule has 0 aliphatic carbocycles. The summed E-state index contributed by atoms with van der Waals surface area (Å²) in [6, 6.07) is 3.46. The van der Waals surface area contributed by atoms with Gasteiger partial charge in [0.05, 0.1) is 23.9 Å². The summed E-state index contributed by atoms with van der Waals surface area (Å²) in [5.74, 6) is 0.650. The zero-order valence-electron chi connectivity index (χ0n) is 22.8. The first-order valence-electron chi connectivity index (χ1n) is 12.5. The lowest BCUT2D eigenvalue weighted by Gasteiger charge is -2.30. The molecular weight excluding hydrogens is 540 g/mol. The Labute approximate surface area is 226 Å². The second kappa shape index (κ2) is 10.6. The Morgan fingerprint density at radius 3 is 2.02 bits per heavy atom. The highest BCUT2D eigenvalue weighted by Gasteiger charge is 2.37. The number of pyridine rings is 1. The molecule has 0 bridgehead atoms. The van der Waals surface area contributed by atoms with Crippen LogP contribution in [0.2, 0.25) is 0 Å². The molecule has 3 heterocycles. The summed E-state index contributed by atoms with van der Waals surface area (Å²) >= 11 is 0. The van der Waals surface area contributed by atoms with Gasteiger partial charge in [-0.05, 0) is 62.7 Å². The van der Waals surface area contributed by atoms with Crippen LogP contribution in [0.5, 0.6) is 0 Å². The molecule has 0 saturated heterocycles. The van der Waals surface area contributed by atoms with E-state index in [1.807, 2.05) is 38.7 Å². The predicted octanol–water partition coefficient (Wildman–Crippen LogP) is 5.28. The summed E-state index contributed by atoms with van der Waals surface area (Å²) in [6.07, 6.45) is -9.94. The number of halogens is 6. The number of aromatic nitrogens is 7. The van der Waals surface area contributed by atoms with Gasteiger partial charge in [-0.2, -0.15) is 36.2 Å². The molecule has 1 aromatic carbocycles. The predicted molar refractivity (Wildman–Crippen MR) is 137 cm³/mol. The van der Waals surface area contributed by atoms with Crippen LogP contribution < -0.4 is 9.80 Å². The number of aryl methyl sites for hydroxylation is 3.